The van der Waals surface area contributed by atoms with Gasteiger partial charge < -0.3 is 4.90 Å². The van der Waals surface area contributed by atoms with Crippen LogP contribution in [-0.2, 0) is 6.42 Å². The lowest BCUT2D eigenvalue weighted by molar-refractivity contribution is 0.0338. The van der Waals surface area contributed by atoms with Crippen molar-refractivity contribution in [2.45, 2.75) is 50.6 Å². The Balaban J connectivity index is 1.77. The van der Waals surface area contributed by atoms with Crippen molar-refractivity contribution in [3.8, 4) is 6.07 Å². The molecule has 1 aromatic carbocycles. The topological polar surface area (TPSA) is 44.1 Å². The number of rotatable bonds is 3. The van der Waals surface area contributed by atoms with E-state index in [1.54, 1.807) is 12.1 Å². The van der Waals surface area contributed by atoms with E-state index in [2.05, 4.69) is 11.9 Å². The maximum absolute atomic E-state index is 13.9. The normalized spacial score (nSPS) is 28.1. The zero-order valence-electron chi connectivity index (χ0n) is 12.9. The molecule has 0 amide bonds. The van der Waals surface area contributed by atoms with Gasteiger partial charge in [-0.25, -0.2) is 4.39 Å². The molecular weight excluding hydrogens is 279 g/mol. The molecule has 2 heterocycles. The fraction of sp³-hybridized carbons (Fsp3) is 0.556. The molecular formula is C18H21FN2O. The highest BCUT2D eigenvalue weighted by Gasteiger charge is 2.38. The van der Waals surface area contributed by atoms with Crippen LogP contribution in [0.2, 0.25) is 0 Å². The Morgan fingerprint density at radius 1 is 1.36 bits per heavy atom. The summed E-state index contributed by atoms with van der Waals surface area (Å²) in [6, 6.07) is 7.47. The molecule has 116 valence electrons. The van der Waals surface area contributed by atoms with Crippen LogP contribution >= 0.6 is 0 Å². The molecule has 4 heteroatoms. The third-order valence-electron chi connectivity index (χ3n) is 5.32. The highest BCUT2D eigenvalue weighted by Crippen LogP contribution is 2.37. The number of halogens is 1. The van der Waals surface area contributed by atoms with Gasteiger partial charge in [0.1, 0.15) is 5.82 Å². The minimum atomic E-state index is -0.444. The van der Waals surface area contributed by atoms with Crippen LogP contribution in [0.5, 0.6) is 0 Å². The third kappa shape index (κ3) is 2.78. The smallest absolute Gasteiger partial charge is 0.166 e. The number of piperidine rings is 2. The standard InChI is InChI=1S/C18H21FN2O/c1-21-15-3-2-4-16(21)10-14(9-15)18(22)13-6-5-12(7-8-20)17(19)11-13/h5-6,11,14-16H,2-4,7,9-10H2,1H3. The van der Waals surface area contributed by atoms with Gasteiger partial charge in [-0.1, -0.05) is 18.6 Å². The fourth-order valence-corrected chi connectivity index (χ4v) is 3.99. The number of ketones is 1. The average Bonchev–Trinajstić information content (AvgIpc) is 2.48. The maximum atomic E-state index is 13.9. The summed E-state index contributed by atoms with van der Waals surface area (Å²) >= 11 is 0. The summed E-state index contributed by atoms with van der Waals surface area (Å²) in [5, 5.41) is 8.65. The van der Waals surface area contributed by atoms with Crippen LogP contribution in [0.25, 0.3) is 0 Å². The number of nitriles is 1. The second-order valence-electron chi connectivity index (χ2n) is 6.58. The Hall–Kier alpha value is -1.73. The number of carbonyl (C=O) groups is 1. The molecule has 1 aromatic rings. The summed E-state index contributed by atoms with van der Waals surface area (Å²) in [7, 11) is 2.16. The molecule has 2 saturated heterocycles. The van der Waals surface area contributed by atoms with Crippen LogP contribution in [0, 0.1) is 23.1 Å². The lowest BCUT2D eigenvalue weighted by Gasteiger charge is -2.46. The number of Topliss-reactive ketones (excluding diaryl/α,β-unsaturated/α-hetero) is 1. The second-order valence-corrected chi connectivity index (χ2v) is 6.58. The highest BCUT2D eigenvalue weighted by atomic mass is 19.1. The van der Waals surface area contributed by atoms with Gasteiger partial charge in [-0.05, 0) is 38.8 Å². The van der Waals surface area contributed by atoms with E-state index in [4.69, 9.17) is 5.26 Å². The lowest BCUT2D eigenvalue weighted by Crippen LogP contribution is -2.51. The molecule has 0 aromatic heterocycles. The van der Waals surface area contributed by atoms with Crippen LogP contribution in [0.4, 0.5) is 4.39 Å². The van der Waals surface area contributed by atoms with Crippen molar-refractivity contribution in [1.29, 1.82) is 5.26 Å². The number of carbonyl (C=O) groups excluding carboxylic acids is 1. The van der Waals surface area contributed by atoms with Gasteiger partial charge >= 0.3 is 0 Å². The lowest BCUT2D eigenvalue weighted by atomic mass is 9.76. The van der Waals surface area contributed by atoms with Crippen molar-refractivity contribution in [1.82, 2.24) is 4.90 Å². The number of hydrogen-bond acceptors (Lipinski definition) is 3. The van der Waals surface area contributed by atoms with E-state index in [-0.39, 0.29) is 18.1 Å². The van der Waals surface area contributed by atoms with Gasteiger partial charge in [-0.3, -0.25) is 4.79 Å². The summed E-state index contributed by atoms with van der Waals surface area (Å²) in [4.78, 5) is 15.1. The quantitative estimate of drug-likeness (QED) is 0.804. The Bertz CT molecular complexity index is 608. The van der Waals surface area contributed by atoms with Crippen molar-refractivity contribution >= 4 is 5.78 Å². The molecule has 0 radical (unpaired) electrons. The molecule has 0 spiro atoms. The molecule has 22 heavy (non-hydrogen) atoms. The second kappa shape index (κ2) is 6.18. The number of nitrogens with zero attached hydrogens (tertiary/aromatic N) is 2. The van der Waals surface area contributed by atoms with Gasteiger partial charge in [0.2, 0.25) is 0 Å². The van der Waals surface area contributed by atoms with Crippen LogP contribution in [0.3, 0.4) is 0 Å². The molecule has 0 saturated carbocycles. The zero-order valence-corrected chi connectivity index (χ0v) is 12.9. The number of hydrogen-bond donors (Lipinski definition) is 0. The first kappa shape index (κ1) is 15.2. The number of fused-ring (bicyclic) bond motifs is 2. The van der Waals surface area contributed by atoms with Gasteiger partial charge in [0.25, 0.3) is 0 Å². The van der Waals surface area contributed by atoms with Crippen molar-refractivity contribution in [2.75, 3.05) is 7.05 Å². The molecule has 2 aliphatic heterocycles. The monoisotopic (exact) mass is 300 g/mol. The Labute approximate surface area is 130 Å². The average molecular weight is 300 g/mol. The summed E-state index contributed by atoms with van der Waals surface area (Å²) in [6.07, 6.45) is 5.37. The molecule has 3 rings (SSSR count). The molecule has 0 aliphatic carbocycles. The largest absolute Gasteiger partial charge is 0.300 e. The zero-order chi connectivity index (χ0) is 15.7. The molecule has 2 fully saturated rings. The van der Waals surface area contributed by atoms with E-state index < -0.39 is 5.82 Å². The van der Waals surface area contributed by atoms with E-state index in [0.29, 0.717) is 23.2 Å². The predicted molar refractivity (Wildman–Crippen MR) is 82.0 cm³/mol. The van der Waals surface area contributed by atoms with Crippen molar-refractivity contribution in [3.63, 3.8) is 0 Å². The van der Waals surface area contributed by atoms with E-state index >= 15 is 0 Å². The first-order chi connectivity index (χ1) is 10.6. The predicted octanol–water partition coefficient (Wildman–Crippen LogP) is 3.34. The summed E-state index contributed by atoms with van der Waals surface area (Å²) in [6.45, 7) is 0. The van der Waals surface area contributed by atoms with E-state index in [1.807, 2.05) is 6.07 Å². The van der Waals surface area contributed by atoms with Crippen molar-refractivity contribution in [2.24, 2.45) is 5.92 Å². The summed E-state index contributed by atoms with van der Waals surface area (Å²) in [5.74, 6) is -0.374. The van der Waals surface area contributed by atoms with Gasteiger partial charge in [-0.15, -0.1) is 0 Å². The first-order valence-corrected chi connectivity index (χ1v) is 8.01. The Kier molecular flexibility index (Phi) is 4.26. The fourth-order valence-electron chi connectivity index (χ4n) is 3.99. The summed E-state index contributed by atoms with van der Waals surface area (Å²) < 4.78 is 13.9. The van der Waals surface area contributed by atoms with Gasteiger partial charge in [0, 0.05) is 29.1 Å². The van der Waals surface area contributed by atoms with Crippen molar-refractivity contribution in [3.05, 3.63) is 35.1 Å². The van der Waals surface area contributed by atoms with Gasteiger partial charge in [0.15, 0.2) is 5.78 Å². The Morgan fingerprint density at radius 3 is 2.64 bits per heavy atom. The summed E-state index contributed by atoms with van der Waals surface area (Å²) in [5.41, 5.74) is 0.811. The van der Waals surface area contributed by atoms with Crippen LogP contribution in [0.15, 0.2) is 18.2 Å². The van der Waals surface area contributed by atoms with E-state index in [9.17, 15) is 9.18 Å². The first-order valence-electron chi connectivity index (χ1n) is 8.01. The van der Waals surface area contributed by atoms with E-state index in [0.717, 1.165) is 25.7 Å². The number of benzene rings is 1. The molecule has 2 atom stereocenters. The van der Waals surface area contributed by atoms with Gasteiger partial charge in [0.05, 0.1) is 12.5 Å². The minimum Gasteiger partial charge on any atom is -0.300 e. The van der Waals surface area contributed by atoms with Gasteiger partial charge in [-0.2, -0.15) is 5.26 Å². The van der Waals surface area contributed by atoms with Crippen molar-refractivity contribution < 1.29 is 9.18 Å². The molecule has 2 aliphatic rings. The molecule has 2 bridgehead atoms. The van der Waals surface area contributed by atoms with Crippen LogP contribution in [0.1, 0.15) is 48.0 Å². The highest BCUT2D eigenvalue weighted by molar-refractivity contribution is 5.98. The SMILES string of the molecule is CN1C2CCCC1CC(C(=O)c1ccc(CC#N)c(F)c1)C2. The Morgan fingerprint density at radius 2 is 2.05 bits per heavy atom. The molecule has 0 N–H and O–H groups in total. The van der Waals surface area contributed by atoms with Crippen LogP contribution < -0.4 is 0 Å². The third-order valence-corrected chi connectivity index (χ3v) is 5.32. The molecule has 2 unspecified atom stereocenters. The maximum Gasteiger partial charge on any atom is 0.166 e. The molecule has 3 nitrogen and oxygen atoms in total. The van der Waals surface area contributed by atoms with E-state index in [1.165, 1.54) is 12.5 Å². The van der Waals surface area contributed by atoms with Crippen LogP contribution in [-0.4, -0.2) is 29.8 Å². The minimum absolute atomic E-state index is 0.00715.